The van der Waals surface area contributed by atoms with Gasteiger partial charge in [0, 0.05) is 0 Å². The van der Waals surface area contributed by atoms with Gasteiger partial charge in [0.15, 0.2) is 11.9 Å². The van der Waals surface area contributed by atoms with Gasteiger partial charge < -0.3 is 9.72 Å². The second kappa shape index (κ2) is 7.27. The van der Waals surface area contributed by atoms with Gasteiger partial charge in [-0.1, -0.05) is 24.3 Å². The molecular weight excluding hydrogens is 374 g/mol. The van der Waals surface area contributed by atoms with Crippen LogP contribution in [0.1, 0.15) is 38.6 Å². The Morgan fingerprint density at radius 3 is 2.38 bits per heavy atom. The molecule has 4 rings (SSSR count). The highest BCUT2D eigenvalue weighted by Gasteiger charge is 2.50. The molecule has 0 spiro atoms. The van der Waals surface area contributed by atoms with Crippen molar-refractivity contribution < 1.29 is 19.1 Å². The first kappa shape index (κ1) is 19.0. The molecule has 150 valence electrons. The molecule has 29 heavy (non-hydrogen) atoms. The lowest BCUT2D eigenvalue weighted by atomic mass is 9.85. The Morgan fingerprint density at radius 1 is 1.10 bits per heavy atom. The van der Waals surface area contributed by atoms with Crippen LogP contribution in [-0.4, -0.2) is 38.7 Å². The molecule has 8 heteroatoms. The Morgan fingerprint density at radius 2 is 1.72 bits per heavy atom. The molecule has 1 aliphatic carbocycles. The number of H-pyrrole nitrogens is 1. The van der Waals surface area contributed by atoms with Crippen molar-refractivity contribution in [3.63, 3.8) is 0 Å². The fourth-order valence-electron chi connectivity index (χ4n) is 3.94. The Bertz CT molecular complexity index is 1060. The number of carbonyl (C=O) groups is 3. The number of para-hydroxylation sites is 1. The van der Waals surface area contributed by atoms with Crippen molar-refractivity contribution in [2.45, 2.75) is 38.8 Å². The van der Waals surface area contributed by atoms with Crippen molar-refractivity contribution in [2.24, 2.45) is 11.8 Å². The first-order valence-corrected chi connectivity index (χ1v) is 9.60. The van der Waals surface area contributed by atoms with Crippen LogP contribution < -0.4 is 5.56 Å². The van der Waals surface area contributed by atoms with Gasteiger partial charge in [0.25, 0.3) is 5.56 Å². The fourth-order valence-corrected chi connectivity index (χ4v) is 3.94. The average molecular weight is 395 g/mol. The number of rotatable bonds is 4. The molecule has 2 amide bonds. The van der Waals surface area contributed by atoms with Crippen LogP contribution in [0.3, 0.4) is 0 Å². The summed E-state index contributed by atoms with van der Waals surface area (Å²) >= 11 is 0. The molecule has 0 saturated carbocycles. The number of nitrogens with zero attached hydrogens (tertiary/aromatic N) is 2. The number of hydrogen-bond acceptors (Lipinski definition) is 6. The number of ether oxygens (including phenoxy) is 1. The molecule has 2 aliphatic rings. The molecule has 2 heterocycles. The molecule has 0 bridgehead atoms. The standard InChI is InChI=1S/C21H21N3O5/c1-11(24-19(26)13-7-3-4-8-14(13)20(24)27)21(28)29-12(2)17-22-16-10-6-5-9-15(16)18(25)23-17/h3-6,9-14H,7-8H2,1-2H3,(H,22,23,25)/t11-,12+,13-,14-/m0/s1. The van der Waals surface area contributed by atoms with Gasteiger partial charge in [0.1, 0.15) is 6.04 Å². The Kier molecular flexibility index (Phi) is 4.77. The predicted octanol–water partition coefficient (Wildman–Crippen LogP) is 1.87. The zero-order valence-corrected chi connectivity index (χ0v) is 16.1. The number of allylic oxidation sites excluding steroid dienone is 2. The third kappa shape index (κ3) is 3.24. The average Bonchev–Trinajstić information content (AvgIpc) is 2.98. The lowest BCUT2D eigenvalue weighted by molar-refractivity contribution is -0.161. The summed E-state index contributed by atoms with van der Waals surface area (Å²) in [5, 5.41) is 0.438. The monoisotopic (exact) mass is 395 g/mol. The smallest absolute Gasteiger partial charge is 0.329 e. The van der Waals surface area contributed by atoms with Crippen molar-refractivity contribution >= 4 is 28.7 Å². The summed E-state index contributed by atoms with van der Waals surface area (Å²) in [7, 11) is 0. The van der Waals surface area contributed by atoms with E-state index in [9.17, 15) is 19.2 Å². The minimum atomic E-state index is -1.05. The van der Waals surface area contributed by atoms with E-state index in [2.05, 4.69) is 9.97 Å². The summed E-state index contributed by atoms with van der Waals surface area (Å²) < 4.78 is 5.43. The number of imide groups is 1. The van der Waals surface area contributed by atoms with Gasteiger partial charge in [-0.25, -0.2) is 9.78 Å². The van der Waals surface area contributed by atoms with Gasteiger partial charge in [-0.05, 0) is 38.8 Å². The number of nitrogens with one attached hydrogen (secondary N) is 1. The summed E-state index contributed by atoms with van der Waals surface area (Å²) in [4.78, 5) is 58.2. The van der Waals surface area contributed by atoms with E-state index in [0.717, 1.165) is 4.90 Å². The molecule has 0 unspecified atom stereocenters. The lowest BCUT2D eigenvalue weighted by Crippen LogP contribution is -2.44. The van der Waals surface area contributed by atoms with Crippen LogP contribution in [0.2, 0.25) is 0 Å². The number of fused-ring (bicyclic) bond motifs is 2. The summed E-state index contributed by atoms with van der Waals surface area (Å²) in [5.41, 5.74) is 0.159. The molecule has 0 radical (unpaired) electrons. The number of aromatic nitrogens is 2. The van der Waals surface area contributed by atoms with E-state index in [0.29, 0.717) is 23.7 Å². The number of carbonyl (C=O) groups excluding carboxylic acids is 3. The topological polar surface area (TPSA) is 109 Å². The van der Waals surface area contributed by atoms with Gasteiger partial charge in [0.05, 0.1) is 22.7 Å². The van der Waals surface area contributed by atoms with Crippen LogP contribution in [0.4, 0.5) is 0 Å². The predicted molar refractivity (Wildman–Crippen MR) is 104 cm³/mol. The number of aromatic amines is 1. The van der Waals surface area contributed by atoms with Crippen LogP contribution in [0.5, 0.6) is 0 Å². The summed E-state index contributed by atoms with van der Waals surface area (Å²) in [6.07, 6.45) is 3.95. The first-order valence-electron chi connectivity index (χ1n) is 9.60. The van der Waals surface area contributed by atoms with Gasteiger partial charge >= 0.3 is 5.97 Å². The maximum atomic E-state index is 12.7. The van der Waals surface area contributed by atoms with Crippen LogP contribution in [0.15, 0.2) is 41.2 Å². The zero-order chi connectivity index (χ0) is 20.7. The maximum Gasteiger partial charge on any atom is 0.329 e. The van der Waals surface area contributed by atoms with Gasteiger partial charge in [-0.2, -0.15) is 0 Å². The van der Waals surface area contributed by atoms with Crippen LogP contribution in [0, 0.1) is 11.8 Å². The van der Waals surface area contributed by atoms with Crippen LogP contribution in [-0.2, 0) is 19.1 Å². The second-order valence-corrected chi connectivity index (χ2v) is 7.43. The normalized spacial score (nSPS) is 23.2. The van der Waals surface area contributed by atoms with E-state index >= 15 is 0 Å². The van der Waals surface area contributed by atoms with Crippen molar-refractivity contribution in [3.05, 3.63) is 52.6 Å². The molecule has 1 fully saturated rings. The quantitative estimate of drug-likeness (QED) is 0.481. The molecule has 4 atom stereocenters. The van der Waals surface area contributed by atoms with Gasteiger partial charge in [-0.15, -0.1) is 0 Å². The number of hydrogen-bond donors (Lipinski definition) is 1. The van der Waals surface area contributed by atoms with Gasteiger partial charge in [-0.3, -0.25) is 19.3 Å². The zero-order valence-electron chi connectivity index (χ0n) is 16.1. The number of esters is 1. The van der Waals surface area contributed by atoms with Gasteiger partial charge in [0.2, 0.25) is 11.8 Å². The van der Waals surface area contributed by atoms with Crippen molar-refractivity contribution in [3.8, 4) is 0 Å². The van der Waals surface area contributed by atoms with Crippen LogP contribution >= 0.6 is 0 Å². The van der Waals surface area contributed by atoms with Crippen molar-refractivity contribution in [1.82, 2.24) is 14.9 Å². The highest BCUT2D eigenvalue weighted by atomic mass is 16.5. The Hall–Kier alpha value is -3.29. The van der Waals surface area contributed by atoms with E-state index in [1.807, 2.05) is 12.2 Å². The molecule has 1 N–H and O–H groups in total. The van der Waals surface area contributed by atoms with E-state index < -0.39 is 30.0 Å². The minimum Gasteiger partial charge on any atom is -0.453 e. The highest BCUT2D eigenvalue weighted by molar-refractivity contribution is 6.08. The summed E-state index contributed by atoms with van der Waals surface area (Å²) in [6, 6.07) is 5.80. The molecule has 1 aliphatic heterocycles. The maximum absolute atomic E-state index is 12.7. The van der Waals surface area contributed by atoms with Crippen molar-refractivity contribution in [2.75, 3.05) is 0 Å². The molecule has 1 aromatic carbocycles. The van der Waals surface area contributed by atoms with Crippen molar-refractivity contribution in [1.29, 1.82) is 0 Å². The Labute approximate surface area is 166 Å². The fraction of sp³-hybridized carbons (Fsp3) is 0.381. The van der Waals surface area contributed by atoms with E-state index in [4.69, 9.17) is 4.74 Å². The number of benzene rings is 1. The molecule has 1 saturated heterocycles. The summed E-state index contributed by atoms with van der Waals surface area (Å²) in [5.74, 6) is -2.00. The molecule has 1 aromatic heterocycles. The summed E-state index contributed by atoms with van der Waals surface area (Å²) in [6.45, 7) is 3.06. The van der Waals surface area contributed by atoms with Crippen LogP contribution in [0.25, 0.3) is 10.9 Å². The largest absolute Gasteiger partial charge is 0.453 e. The first-order chi connectivity index (χ1) is 13.9. The molecule has 2 aromatic rings. The number of likely N-dealkylation sites (tertiary alicyclic amines) is 1. The Balaban J connectivity index is 1.51. The van der Waals surface area contributed by atoms with E-state index in [1.54, 1.807) is 31.2 Å². The minimum absolute atomic E-state index is 0.200. The number of amides is 2. The third-order valence-electron chi connectivity index (χ3n) is 5.58. The van der Waals surface area contributed by atoms with E-state index in [-0.39, 0.29) is 23.2 Å². The second-order valence-electron chi connectivity index (χ2n) is 7.43. The lowest BCUT2D eigenvalue weighted by Gasteiger charge is -2.23. The SMILES string of the molecule is C[C@@H](OC(=O)[C@H](C)N1C(=O)[C@H]2CC=CC[C@@H]2C1=O)c1nc2ccccc2c(=O)[nH]1. The molecule has 8 nitrogen and oxygen atoms in total. The molecular formula is C21H21N3O5. The van der Waals surface area contributed by atoms with E-state index in [1.165, 1.54) is 6.92 Å². The highest BCUT2D eigenvalue weighted by Crippen LogP contribution is 2.36. The third-order valence-corrected chi connectivity index (χ3v) is 5.58.